The van der Waals surface area contributed by atoms with Gasteiger partial charge in [-0.3, -0.25) is 4.21 Å². The Morgan fingerprint density at radius 1 is 1.04 bits per heavy atom. The number of fused-ring (bicyclic) bond motifs is 1. The molecule has 4 rings (SSSR count). The fourth-order valence-electron chi connectivity index (χ4n) is 2.63. The van der Waals surface area contributed by atoms with Crippen molar-refractivity contribution in [2.75, 3.05) is 6.26 Å². The van der Waals surface area contributed by atoms with Crippen LogP contribution in [-0.2, 0) is 10.8 Å². The number of rotatable bonds is 3. The fourth-order valence-corrected chi connectivity index (χ4v) is 3.15. The third-order valence-electron chi connectivity index (χ3n) is 3.86. The van der Waals surface area contributed by atoms with Crippen molar-refractivity contribution in [3.8, 4) is 22.5 Å². The lowest BCUT2D eigenvalue weighted by Crippen LogP contribution is -1.86. The summed E-state index contributed by atoms with van der Waals surface area (Å²) < 4.78 is 22.2. The van der Waals surface area contributed by atoms with Gasteiger partial charge in [0.1, 0.15) is 5.58 Å². The minimum atomic E-state index is -0.988. The first-order valence-corrected chi connectivity index (χ1v) is 8.93. The molecule has 24 heavy (non-hydrogen) atoms. The van der Waals surface area contributed by atoms with Gasteiger partial charge in [0.15, 0.2) is 0 Å². The topological polar surface area (TPSA) is 69.1 Å². The highest BCUT2D eigenvalue weighted by Crippen LogP contribution is 2.33. The highest BCUT2D eigenvalue weighted by atomic mass is 32.2. The summed E-state index contributed by atoms with van der Waals surface area (Å²) in [4.78, 5) is 5.06. The van der Waals surface area contributed by atoms with Gasteiger partial charge in [-0.1, -0.05) is 17.3 Å². The maximum atomic E-state index is 11.5. The minimum Gasteiger partial charge on any atom is -0.464 e. The van der Waals surface area contributed by atoms with Crippen molar-refractivity contribution in [3.05, 3.63) is 54.6 Å². The van der Waals surface area contributed by atoms with Crippen LogP contribution in [0.2, 0.25) is 0 Å². The molecule has 0 aliphatic heterocycles. The van der Waals surface area contributed by atoms with Gasteiger partial charge in [-0.25, -0.2) is 0 Å². The average Bonchev–Trinajstić information content (AvgIpc) is 3.20. The molecule has 0 amide bonds. The molecule has 6 heteroatoms. The molecule has 2 heterocycles. The molecule has 1 unspecified atom stereocenters. The molecular weight excluding hydrogens is 324 g/mol. The van der Waals surface area contributed by atoms with E-state index in [1.165, 1.54) is 0 Å². The summed E-state index contributed by atoms with van der Waals surface area (Å²) in [6, 6.07) is 13.4. The van der Waals surface area contributed by atoms with Crippen molar-refractivity contribution in [2.24, 2.45) is 0 Å². The van der Waals surface area contributed by atoms with E-state index in [-0.39, 0.29) is 0 Å². The van der Waals surface area contributed by atoms with Gasteiger partial charge in [0, 0.05) is 45.4 Å². The van der Waals surface area contributed by atoms with Gasteiger partial charge in [-0.05, 0) is 35.9 Å². The lowest BCUT2D eigenvalue weighted by molar-refractivity contribution is 0.394. The van der Waals surface area contributed by atoms with Gasteiger partial charge >= 0.3 is 0 Å². The smallest absolute Gasteiger partial charge is 0.223 e. The van der Waals surface area contributed by atoms with Crippen LogP contribution in [0.3, 0.4) is 0 Å². The van der Waals surface area contributed by atoms with Gasteiger partial charge in [0.05, 0.1) is 6.26 Å². The second-order valence-electron chi connectivity index (χ2n) is 5.48. The monoisotopic (exact) mass is 338 g/mol. The molecule has 0 aliphatic carbocycles. The van der Waals surface area contributed by atoms with Gasteiger partial charge in [0.25, 0.3) is 0 Å². The van der Waals surface area contributed by atoms with E-state index in [2.05, 4.69) is 10.1 Å². The largest absolute Gasteiger partial charge is 0.464 e. The molecule has 0 N–H and O–H groups in total. The molecule has 4 aromatic rings. The molecule has 1 atom stereocenters. The summed E-state index contributed by atoms with van der Waals surface area (Å²) in [5.41, 5.74) is 3.63. The van der Waals surface area contributed by atoms with Gasteiger partial charge in [-0.15, -0.1) is 0 Å². The van der Waals surface area contributed by atoms with E-state index in [1.54, 1.807) is 19.4 Å². The standard InChI is InChI=1S/C18H14N2O3S/c1-11-19-18(20-23-11)13-5-8-17-15(9-13)16(10-22-17)12-3-6-14(7-4-12)24(2)21/h3-10H,1-2H3. The SMILES string of the molecule is Cc1nc(-c2ccc3occ(-c4ccc(S(C)=O)cc4)c3c2)no1. The van der Waals surface area contributed by atoms with Gasteiger partial charge in [0.2, 0.25) is 11.7 Å². The first-order chi connectivity index (χ1) is 11.6. The lowest BCUT2D eigenvalue weighted by Gasteiger charge is -2.01. The lowest BCUT2D eigenvalue weighted by atomic mass is 10.0. The molecule has 0 saturated heterocycles. The first kappa shape index (κ1) is 14.8. The Bertz CT molecular complexity index is 1050. The van der Waals surface area contributed by atoms with Crippen LogP contribution in [0.4, 0.5) is 0 Å². The van der Waals surface area contributed by atoms with E-state index in [0.717, 1.165) is 32.6 Å². The molecule has 2 aromatic carbocycles. The predicted molar refractivity (Wildman–Crippen MR) is 92.0 cm³/mol. The van der Waals surface area contributed by atoms with Crippen LogP contribution in [0.25, 0.3) is 33.5 Å². The summed E-state index contributed by atoms with van der Waals surface area (Å²) in [7, 11) is -0.988. The van der Waals surface area contributed by atoms with E-state index in [0.29, 0.717) is 11.7 Å². The molecule has 5 nitrogen and oxygen atoms in total. The van der Waals surface area contributed by atoms with E-state index in [1.807, 2.05) is 42.5 Å². The van der Waals surface area contributed by atoms with Crippen molar-refractivity contribution in [1.29, 1.82) is 0 Å². The average molecular weight is 338 g/mol. The van der Waals surface area contributed by atoms with Crippen molar-refractivity contribution in [3.63, 3.8) is 0 Å². The fraction of sp³-hybridized carbons (Fsp3) is 0.111. The molecule has 0 bridgehead atoms. The van der Waals surface area contributed by atoms with E-state index in [4.69, 9.17) is 8.94 Å². The highest BCUT2D eigenvalue weighted by Gasteiger charge is 2.12. The summed E-state index contributed by atoms with van der Waals surface area (Å²) >= 11 is 0. The number of aromatic nitrogens is 2. The molecule has 2 aromatic heterocycles. The maximum Gasteiger partial charge on any atom is 0.223 e. The van der Waals surface area contributed by atoms with Crippen molar-refractivity contribution in [1.82, 2.24) is 10.1 Å². The van der Waals surface area contributed by atoms with Crippen LogP contribution in [0.5, 0.6) is 0 Å². The van der Waals surface area contributed by atoms with Crippen LogP contribution in [0.15, 0.2) is 62.6 Å². The number of benzene rings is 2. The number of furan rings is 1. The molecule has 0 radical (unpaired) electrons. The Hall–Kier alpha value is -2.73. The van der Waals surface area contributed by atoms with Crippen molar-refractivity contribution < 1.29 is 13.1 Å². The Labute approximate surface area is 140 Å². The molecule has 0 spiro atoms. The van der Waals surface area contributed by atoms with E-state index in [9.17, 15) is 4.21 Å². The Balaban J connectivity index is 1.82. The van der Waals surface area contributed by atoms with E-state index < -0.39 is 10.8 Å². The van der Waals surface area contributed by atoms with Crippen LogP contribution in [0.1, 0.15) is 5.89 Å². The number of aryl methyl sites for hydroxylation is 1. The molecular formula is C18H14N2O3S. The number of hydrogen-bond acceptors (Lipinski definition) is 5. The Kier molecular flexibility index (Phi) is 3.54. The molecule has 120 valence electrons. The third kappa shape index (κ3) is 2.55. The number of hydrogen-bond donors (Lipinski definition) is 0. The van der Waals surface area contributed by atoms with E-state index >= 15 is 0 Å². The molecule has 0 fully saturated rings. The predicted octanol–water partition coefficient (Wildman–Crippen LogP) is 4.20. The number of nitrogens with zero attached hydrogens (tertiary/aromatic N) is 2. The second-order valence-corrected chi connectivity index (χ2v) is 6.86. The zero-order chi connectivity index (χ0) is 16.7. The van der Waals surface area contributed by atoms with Crippen LogP contribution < -0.4 is 0 Å². The van der Waals surface area contributed by atoms with Crippen molar-refractivity contribution >= 4 is 21.8 Å². The maximum absolute atomic E-state index is 11.5. The minimum absolute atomic E-state index is 0.528. The van der Waals surface area contributed by atoms with Gasteiger partial charge in [-0.2, -0.15) is 4.98 Å². The van der Waals surface area contributed by atoms with Crippen LogP contribution in [-0.4, -0.2) is 20.6 Å². The summed E-state index contributed by atoms with van der Waals surface area (Å²) in [5.74, 6) is 1.08. The normalized spacial score (nSPS) is 12.6. The zero-order valence-corrected chi connectivity index (χ0v) is 14.0. The Morgan fingerprint density at radius 2 is 1.79 bits per heavy atom. The summed E-state index contributed by atoms with van der Waals surface area (Å²) in [6.45, 7) is 1.76. The zero-order valence-electron chi connectivity index (χ0n) is 13.1. The summed E-state index contributed by atoms with van der Waals surface area (Å²) in [5, 5.41) is 4.93. The molecule has 0 saturated carbocycles. The second kappa shape index (κ2) is 5.72. The highest BCUT2D eigenvalue weighted by molar-refractivity contribution is 7.84. The summed E-state index contributed by atoms with van der Waals surface area (Å²) in [6.07, 6.45) is 3.40. The van der Waals surface area contributed by atoms with Crippen molar-refractivity contribution in [2.45, 2.75) is 11.8 Å². The van der Waals surface area contributed by atoms with Crippen LogP contribution >= 0.6 is 0 Å². The first-order valence-electron chi connectivity index (χ1n) is 7.37. The molecule has 0 aliphatic rings. The third-order valence-corrected chi connectivity index (χ3v) is 4.79. The Morgan fingerprint density at radius 3 is 2.46 bits per heavy atom. The van der Waals surface area contributed by atoms with Crippen LogP contribution in [0, 0.1) is 6.92 Å². The quantitative estimate of drug-likeness (QED) is 0.560. The van der Waals surface area contributed by atoms with Gasteiger partial charge < -0.3 is 8.94 Å².